The highest BCUT2D eigenvalue weighted by Crippen LogP contribution is 2.33. The van der Waals surface area contributed by atoms with E-state index in [2.05, 4.69) is 26.8 Å². The number of nitrogens with two attached hydrogens (primary N) is 1. The SMILES string of the molecule is COc1ccc(C(C)(N)C#N)cc1C(C)(C)C. The third-order valence-corrected chi connectivity index (χ3v) is 2.84. The minimum absolute atomic E-state index is 0.0487. The maximum absolute atomic E-state index is 9.06. The second-order valence-electron chi connectivity index (χ2n) is 5.48. The number of hydrogen-bond donors (Lipinski definition) is 1. The summed E-state index contributed by atoms with van der Waals surface area (Å²) in [4.78, 5) is 0. The largest absolute Gasteiger partial charge is 0.496 e. The normalized spacial score (nSPS) is 14.9. The summed E-state index contributed by atoms with van der Waals surface area (Å²) < 4.78 is 5.35. The van der Waals surface area contributed by atoms with Crippen LogP contribution in [0, 0.1) is 11.3 Å². The second-order valence-corrected chi connectivity index (χ2v) is 5.48. The number of methoxy groups -OCH3 is 1. The average molecular weight is 232 g/mol. The van der Waals surface area contributed by atoms with Crippen LogP contribution < -0.4 is 10.5 Å². The summed E-state index contributed by atoms with van der Waals surface area (Å²) in [6, 6.07) is 7.79. The van der Waals surface area contributed by atoms with Gasteiger partial charge in [-0.3, -0.25) is 0 Å². The maximum Gasteiger partial charge on any atom is 0.126 e. The Bertz CT molecular complexity index is 450. The summed E-state index contributed by atoms with van der Waals surface area (Å²) in [6.07, 6.45) is 0. The van der Waals surface area contributed by atoms with Crippen LogP contribution in [0.25, 0.3) is 0 Å². The molecule has 17 heavy (non-hydrogen) atoms. The summed E-state index contributed by atoms with van der Waals surface area (Å²) in [7, 11) is 1.65. The van der Waals surface area contributed by atoms with Crippen molar-refractivity contribution in [1.29, 1.82) is 5.26 Å². The van der Waals surface area contributed by atoms with Crippen molar-refractivity contribution in [1.82, 2.24) is 0 Å². The predicted molar refractivity (Wildman–Crippen MR) is 68.8 cm³/mol. The first-order chi connectivity index (χ1) is 7.72. The van der Waals surface area contributed by atoms with Gasteiger partial charge >= 0.3 is 0 Å². The van der Waals surface area contributed by atoms with Crippen LogP contribution in [0.3, 0.4) is 0 Å². The molecule has 3 heteroatoms. The third-order valence-electron chi connectivity index (χ3n) is 2.84. The number of nitrogens with zero attached hydrogens (tertiary/aromatic N) is 1. The van der Waals surface area contributed by atoms with Gasteiger partial charge in [0.2, 0.25) is 0 Å². The molecule has 3 nitrogen and oxygen atoms in total. The quantitative estimate of drug-likeness (QED) is 0.852. The van der Waals surface area contributed by atoms with Gasteiger partial charge in [0.1, 0.15) is 11.3 Å². The summed E-state index contributed by atoms with van der Waals surface area (Å²) >= 11 is 0. The molecule has 0 amide bonds. The van der Waals surface area contributed by atoms with Crippen LogP contribution >= 0.6 is 0 Å². The van der Waals surface area contributed by atoms with E-state index in [1.165, 1.54) is 0 Å². The number of benzene rings is 1. The molecule has 1 aromatic carbocycles. The fourth-order valence-electron chi connectivity index (χ4n) is 1.68. The molecule has 1 unspecified atom stereocenters. The molecule has 0 fully saturated rings. The standard InChI is InChI=1S/C14H20N2O/c1-13(2,3)11-8-10(14(4,16)9-15)6-7-12(11)17-5/h6-8H,16H2,1-5H3. The van der Waals surface area contributed by atoms with Gasteiger partial charge in [0.25, 0.3) is 0 Å². The van der Waals surface area contributed by atoms with Gasteiger partial charge in [0, 0.05) is 0 Å². The van der Waals surface area contributed by atoms with E-state index in [9.17, 15) is 0 Å². The first-order valence-corrected chi connectivity index (χ1v) is 5.61. The van der Waals surface area contributed by atoms with Crippen molar-refractivity contribution >= 4 is 0 Å². The summed E-state index contributed by atoms with van der Waals surface area (Å²) in [6.45, 7) is 8.03. The van der Waals surface area contributed by atoms with E-state index >= 15 is 0 Å². The lowest BCUT2D eigenvalue weighted by Gasteiger charge is -2.25. The molecule has 0 saturated heterocycles. The van der Waals surface area contributed by atoms with E-state index in [0.29, 0.717) is 0 Å². The zero-order valence-corrected chi connectivity index (χ0v) is 11.2. The lowest BCUT2D eigenvalue weighted by Crippen LogP contribution is -2.31. The van der Waals surface area contributed by atoms with Crippen LogP contribution in [0.1, 0.15) is 38.8 Å². The monoisotopic (exact) mass is 232 g/mol. The Hall–Kier alpha value is -1.53. The van der Waals surface area contributed by atoms with E-state index in [-0.39, 0.29) is 5.41 Å². The molecular weight excluding hydrogens is 212 g/mol. The van der Waals surface area contributed by atoms with Crippen LogP contribution in [0.2, 0.25) is 0 Å². The zero-order chi connectivity index (χ0) is 13.3. The van der Waals surface area contributed by atoms with Gasteiger partial charge in [0.05, 0.1) is 13.2 Å². The summed E-state index contributed by atoms with van der Waals surface area (Å²) in [5, 5.41) is 9.06. The Balaban J connectivity index is 3.39. The third kappa shape index (κ3) is 2.78. The molecule has 0 aliphatic carbocycles. The Morgan fingerprint density at radius 1 is 1.24 bits per heavy atom. The fourth-order valence-corrected chi connectivity index (χ4v) is 1.68. The van der Waals surface area contributed by atoms with E-state index in [1.54, 1.807) is 14.0 Å². The van der Waals surface area contributed by atoms with Crippen LogP contribution in [-0.2, 0) is 11.0 Å². The summed E-state index contributed by atoms with van der Waals surface area (Å²) in [5.74, 6) is 0.829. The molecule has 0 heterocycles. The van der Waals surface area contributed by atoms with Crippen molar-refractivity contribution in [2.24, 2.45) is 5.73 Å². The minimum Gasteiger partial charge on any atom is -0.496 e. The lowest BCUT2D eigenvalue weighted by molar-refractivity contribution is 0.397. The molecule has 1 aromatic rings. The van der Waals surface area contributed by atoms with Crippen LogP contribution in [-0.4, -0.2) is 7.11 Å². The maximum atomic E-state index is 9.06. The van der Waals surface area contributed by atoms with E-state index < -0.39 is 5.54 Å². The number of rotatable bonds is 2. The van der Waals surface area contributed by atoms with E-state index in [1.807, 2.05) is 18.2 Å². The molecule has 0 aromatic heterocycles. The molecule has 1 atom stereocenters. The van der Waals surface area contributed by atoms with Gasteiger partial charge in [-0.05, 0) is 35.6 Å². The number of ether oxygens (including phenoxy) is 1. The fraction of sp³-hybridized carbons (Fsp3) is 0.500. The molecule has 0 aliphatic heterocycles. The molecule has 92 valence electrons. The van der Waals surface area contributed by atoms with Gasteiger partial charge in [-0.25, -0.2) is 0 Å². The van der Waals surface area contributed by atoms with Crippen LogP contribution in [0.4, 0.5) is 0 Å². The van der Waals surface area contributed by atoms with Crippen molar-refractivity contribution in [3.8, 4) is 11.8 Å². The predicted octanol–water partition coefficient (Wildman–Crippen LogP) is 2.69. The van der Waals surface area contributed by atoms with Gasteiger partial charge in [-0.1, -0.05) is 26.8 Å². The highest BCUT2D eigenvalue weighted by atomic mass is 16.5. The molecule has 0 bridgehead atoms. The second kappa shape index (κ2) is 4.38. The Kier molecular flexibility index (Phi) is 3.49. The Morgan fingerprint density at radius 3 is 2.24 bits per heavy atom. The van der Waals surface area contributed by atoms with Crippen LogP contribution in [0.15, 0.2) is 18.2 Å². The number of nitriles is 1. The van der Waals surface area contributed by atoms with E-state index in [0.717, 1.165) is 16.9 Å². The average Bonchev–Trinajstić information content (AvgIpc) is 2.27. The molecular formula is C14H20N2O. The van der Waals surface area contributed by atoms with Gasteiger partial charge in [0.15, 0.2) is 0 Å². The molecule has 0 radical (unpaired) electrons. The summed E-state index contributed by atoms with van der Waals surface area (Å²) in [5.41, 5.74) is 6.79. The van der Waals surface area contributed by atoms with Gasteiger partial charge in [-0.15, -0.1) is 0 Å². The molecule has 1 rings (SSSR count). The molecule has 0 spiro atoms. The van der Waals surface area contributed by atoms with Crippen LogP contribution in [0.5, 0.6) is 5.75 Å². The van der Waals surface area contributed by atoms with Gasteiger partial charge in [-0.2, -0.15) is 5.26 Å². The number of hydrogen-bond acceptors (Lipinski definition) is 3. The van der Waals surface area contributed by atoms with Crippen molar-refractivity contribution in [2.45, 2.75) is 38.6 Å². The molecule has 0 aliphatic rings. The smallest absolute Gasteiger partial charge is 0.126 e. The Morgan fingerprint density at radius 2 is 1.82 bits per heavy atom. The lowest BCUT2D eigenvalue weighted by atomic mass is 9.82. The van der Waals surface area contributed by atoms with Crippen molar-refractivity contribution < 1.29 is 4.74 Å². The first-order valence-electron chi connectivity index (χ1n) is 5.61. The molecule has 2 N–H and O–H groups in total. The van der Waals surface area contributed by atoms with E-state index in [4.69, 9.17) is 15.7 Å². The Labute approximate surface area is 103 Å². The van der Waals surface area contributed by atoms with Gasteiger partial charge < -0.3 is 10.5 Å². The highest BCUT2D eigenvalue weighted by Gasteiger charge is 2.25. The minimum atomic E-state index is -0.966. The zero-order valence-electron chi connectivity index (χ0n) is 11.2. The van der Waals surface area contributed by atoms with Crippen molar-refractivity contribution in [2.75, 3.05) is 7.11 Å². The van der Waals surface area contributed by atoms with Crippen molar-refractivity contribution in [3.63, 3.8) is 0 Å². The molecule has 0 saturated carbocycles. The van der Waals surface area contributed by atoms with Crippen molar-refractivity contribution in [3.05, 3.63) is 29.3 Å². The highest BCUT2D eigenvalue weighted by molar-refractivity contribution is 5.45. The topological polar surface area (TPSA) is 59.0 Å². The first kappa shape index (κ1) is 13.5.